The van der Waals surface area contributed by atoms with Crippen molar-refractivity contribution >= 4 is 47.6 Å². The van der Waals surface area contributed by atoms with Gasteiger partial charge in [0.1, 0.15) is 49.4 Å². The molecule has 0 aliphatic rings. The van der Waals surface area contributed by atoms with E-state index < -0.39 is 18.0 Å². The zero-order valence-corrected chi connectivity index (χ0v) is 42.3. The van der Waals surface area contributed by atoms with E-state index in [1.807, 2.05) is 36.4 Å². The summed E-state index contributed by atoms with van der Waals surface area (Å²) in [6.07, 6.45) is 11.9. The smallest absolute Gasteiger partial charge is 0.328 e. The molecular weight excluding hydrogens is 960 g/mol. The SMILES string of the molecule is CN=Cc1cncc(COc2cc(OCc3cccc(-c4cccc(COc5cc(OCc6cncc(C=NC)c6)c(CNCC(O)CC(=O)OC)cc5Cl)c4C)c3C)c(Cl)cc2CNC/C=C\C(=O)O)c1. The minimum absolute atomic E-state index is 0.138. The maximum absolute atomic E-state index is 11.7. The molecule has 0 fully saturated rings. The van der Waals surface area contributed by atoms with Gasteiger partial charge in [-0.2, -0.15) is 0 Å². The van der Waals surface area contributed by atoms with E-state index in [4.69, 9.17) is 47.3 Å². The van der Waals surface area contributed by atoms with Gasteiger partial charge in [0.2, 0.25) is 0 Å². The second-order valence-corrected chi connectivity index (χ2v) is 17.4. The molecule has 0 aliphatic heterocycles. The lowest BCUT2D eigenvalue weighted by Crippen LogP contribution is -2.28. The lowest BCUT2D eigenvalue weighted by molar-refractivity contribution is -0.142. The Labute approximate surface area is 429 Å². The normalized spacial score (nSPS) is 11.9. The number of benzene rings is 4. The quantitative estimate of drug-likeness (QED) is 0.0174. The summed E-state index contributed by atoms with van der Waals surface area (Å²) < 4.78 is 30.2. The lowest BCUT2D eigenvalue weighted by Gasteiger charge is -2.19. The van der Waals surface area contributed by atoms with Gasteiger partial charge in [-0.3, -0.25) is 24.7 Å². The standard InChI is InChI=1S/C55H58Cl2N6O9/c1-35-41(33-71-52-20-50(69-31-39-15-37(22-58-3)24-61-26-39)43(17-48(52)56)28-60-14-8-13-54(65)66)9-6-11-46(35)47-12-7-10-42(36(47)2)34-72-53-21-51(70-32-40-16-38(23-59-4)25-62-27-40)44(18-49(53)57)29-63-30-45(64)19-55(67)68-5/h6-13,15-18,20-27,45,60,63-64H,14,19,28-34H2,1-5H3,(H,65,66)/b13-8-,58-22?,59-23?. The first-order valence-electron chi connectivity index (χ1n) is 23.0. The van der Waals surface area contributed by atoms with E-state index in [1.54, 1.807) is 75.6 Å². The molecule has 4 N–H and O–H groups in total. The van der Waals surface area contributed by atoms with Gasteiger partial charge < -0.3 is 44.5 Å². The summed E-state index contributed by atoms with van der Waals surface area (Å²) in [6, 6.07) is 23.2. The van der Waals surface area contributed by atoms with Gasteiger partial charge in [-0.25, -0.2) is 4.79 Å². The number of aromatic nitrogens is 2. The van der Waals surface area contributed by atoms with Crippen molar-refractivity contribution in [3.63, 3.8) is 0 Å². The maximum atomic E-state index is 11.7. The molecule has 0 bridgehead atoms. The Bertz CT molecular complexity index is 2910. The number of hydrogen-bond acceptors (Lipinski definition) is 14. The van der Waals surface area contributed by atoms with Crippen LogP contribution in [0.25, 0.3) is 11.1 Å². The number of aliphatic hydroxyl groups excluding tert-OH is 1. The van der Waals surface area contributed by atoms with Crippen LogP contribution in [0.3, 0.4) is 0 Å². The number of aliphatic hydroxyl groups is 1. The van der Waals surface area contributed by atoms with Crippen LogP contribution in [0.15, 0.2) is 120 Å². The molecule has 0 amide bonds. The molecule has 1 unspecified atom stereocenters. The van der Waals surface area contributed by atoms with Crippen molar-refractivity contribution in [1.29, 1.82) is 0 Å². The van der Waals surface area contributed by atoms with Crippen molar-refractivity contribution in [3.05, 3.63) is 175 Å². The number of halogens is 2. The number of rotatable bonds is 26. The zero-order valence-electron chi connectivity index (χ0n) is 40.8. The number of nitrogens with zero attached hydrogens (tertiary/aromatic N) is 4. The second-order valence-electron chi connectivity index (χ2n) is 16.6. The highest BCUT2D eigenvalue weighted by atomic mass is 35.5. The number of carbonyl (C=O) groups is 2. The van der Waals surface area contributed by atoms with E-state index in [9.17, 15) is 14.7 Å². The third-order valence-electron chi connectivity index (χ3n) is 11.3. The first-order chi connectivity index (χ1) is 34.8. The van der Waals surface area contributed by atoms with Gasteiger partial charge in [0.15, 0.2) is 0 Å². The van der Waals surface area contributed by atoms with E-state index in [0.29, 0.717) is 46.1 Å². The number of methoxy groups -OCH3 is 1. The molecule has 4 aromatic carbocycles. The van der Waals surface area contributed by atoms with E-state index >= 15 is 0 Å². The Morgan fingerprint density at radius 3 is 1.62 bits per heavy atom. The number of pyridine rings is 2. The molecule has 376 valence electrons. The van der Waals surface area contributed by atoms with Gasteiger partial charge in [-0.05, 0) is 71.5 Å². The molecule has 0 radical (unpaired) electrons. The Morgan fingerprint density at radius 2 is 1.15 bits per heavy atom. The second kappa shape index (κ2) is 27.5. The van der Waals surface area contributed by atoms with Crippen molar-refractivity contribution in [2.24, 2.45) is 9.98 Å². The minimum Gasteiger partial charge on any atom is -0.488 e. The fourth-order valence-electron chi connectivity index (χ4n) is 7.60. The molecule has 6 aromatic rings. The first kappa shape index (κ1) is 54.2. The fourth-order valence-corrected chi connectivity index (χ4v) is 8.08. The van der Waals surface area contributed by atoms with E-state index in [1.165, 1.54) is 13.2 Å². The summed E-state index contributed by atoms with van der Waals surface area (Å²) in [5, 5.41) is 26.5. The van der Waals surface area contributed by atoms with E-state index in [-0.39, 0.29) is 45.9 Å². The van der Waals surface area contributed by atoms with Gasteiger partial charge in [-0.1, -0.05) is 65.7 Å². The monoisotopic (exact) mass is 1020 g/mol. The number of carbonyl (C=O) groups excluding carboxylic acids is 1. The highest BCUT2D eigenvalue weighted by Crippen LogP contribution is 2.37. The number of aliphatic imine (C=N–C) groups is 2. The molecule has 0 aliphatic carbocycles. The average molecular weight is 1020 g/mol. The molecule has 6 rings (SSSR count). The summed E-state index contributed by atoms with van der Waals surface area (Å²) in [5.74, 6) is 0.389. The van der Waals surface area contributed by atoms with E-state index in [2.05, 4.69) is 61.3 Å². The Morgan fingerprint density at radius 1 is 0.667 bits per heavy atom. The molecule has 72 heavy (non-hydrogen) atoms. The summed E-state index contributed by atoms with van der Waals surface area (Å²) in [5.41, 5.74) is 10.9. The third-order valence-corrected chi connectivity index (χ3v) is 11.9. The van der Waals surface area contributed by atoms with Crippen LogP contribution in [0.2, 0.25) is 10.0 Å². The molecule has 0 spiro atoms. The maximum Gasteiger partial charge on any atom is 0.328 e. The summed E-state index contributed by atoms with van der Waals surface area (Å²) in [7, 11) is 4.67. The predicted molar refractivity (Wildman–Crippen MR) is 280 cm³/mol. The number of carboxylic acid groups (broad SMARTS) is 1. The number of ether oxygens (including phenoxy) is 5. The van der Waals surface area contributed by atoms with Crippen LogP contribution in [-0.2, 0) is 53.8 Å². The molecule has 0 saturated carbocycles. The van der Waals surface area contributed by atoms with Crippen molar-refractivity contribution in [3.8, 4) is 34.1 Å². The molecule has 1 atom stereocenters. The van der Waals surface area contributed by atoms with E-state index in [0.717, 1.165) is 72.8 Å². The third kappa shape index (κ3) is 15.9. The largest absolute Gasteiger partial charge is 0.488 e. The number of esters is 1. The molecule has 15 nitrogen and oxygen atoms in total. The zero-order chi connectivity index (χ0) is 51.4. The van der Waals surface area contributed by atoms with Gasteiger partial charge in [0.25, 0.3) is 0 Å². The van der Waals surface area contributed by atoms with Gasteiger partial charge in [0, 0.05) is 129 Å². The number of hydrogen-bond donors (Lipinski definition) is 4. The minimum atomic E-state index is -1.02. The van der Waals surface area contributed by atoms with Crippen LogP contribution in [0.5, 0.6) is 23.0 Å². The number of nitrogens with one attached hydrogen (secondary N) is 2. The average Bonchev–Trinajstić information content (AvgIpc) is 3.36. The highest BCUT2D eigenvalue weighted by molar-refractivity contribution is 6.32. The molecule has 2 heterocycles. The molecule has 0 saturated heterocycles. The predicted octanol–water partition coefficient (Wildman–Crippen LogP) is 9.22. The van der Waals surface area contributed by atoms with Crippen LogP contribution in [0, 0.1) is 13.8 Å². The Kier molecular flexibility index (Phi) is 20.7. The van der Waals surface area contributed by atoms with Crippen molar-refractivity contribution in [1.82, 2.24) is 20.6 Å². The summed E-state index contributed by atoms with van der Waals surface area (Å²) >= 11 is 13.7. The van der Waals surface area contributed by atoms with Crippen LogP contribution in [-0.4, -0.2) is 84.9 Å². The fraction of sp³-hybridized carbons (Fsp3) is 0.273. The van der Waals surface area contributed by atoms with Gasteiger partial charge >= 0.3 is 11.9 Å². The summed E-state index contributed by atoms with van der Waals surface area (Å²) in [4.78, 5) is 39.4. The first-order valence-corrected chi connectivity index (χ1v) is 23.7. The van der Waals surface area contributed by atoms with Crippen LogP contribution in [0.4, 0.5) is 0 Å². The summed E-state index contributed by atoms with van der Waals surface area (Å²) in [6.45, 7) is 6.08. The van der Waals surface area contributed by atoms with Crippen LogP contribution >= 0.6 is 23.2 Å². The number of carboxylic acids is 1. The lowest BCUT2D eigenvalue weighted by atomic mass is 9.92. The Hall–Kier alpha value is -7.14. The number of aliphatic carboxylic acids is 1. The van der Waals surface area contributed by atoms with Crippen molar-refractivity contribution in [2.75, 3.05) is 34.3 Å². The van der Waals surface area contributed by atoms with Crippen molar-refractivity contribution < 1.29 is 43.5 Å². The Balaban J connectivity index is 1.18. The topological polar surface area (TPSA) is 195 Å². The molecule has 17 heteroatoms. The molecule has 2 aromatic heterocycles. The van der Waals surface area contributed by atoms with Gasteiger partial charge in [0.05, 0.1) is 29.7 Å². The van der Waals surface area contributed by atoms with Crippen LogP contribution < -0.4 is 29.6 Å². The van der Waals surface area contributed by atoms with Crippen molar-refractivity contribution in [2.45, 2.75) is 65.9 Å². The highest BCUT2D eigenvalue weighted by Gasteiger charge is 2.18. The van der Waals surface area contributed by atoms with Gasteiger partial charge in [-0.15, -0.1) is 0 Å². The molecular formula is C55H58Cl2N6O9. The van der Waals surface area contributed by atoms with Crippen LogP contribution in [0.1, 0.15) is 62.1 Å².